The van der Waals surface area contributed by atoms with Crippen LogP contribution in [0.25, 0.3) is 0 Å². The fraction of sp³-hybridized carbons (Fsp3) is 0.250. The number of carbonyl (C=O) groups excluding carboxylic acids is 2. The number of methoxy groups -OCH3 is 1. The van der Waals surface area contributed by atoms with Gasteiger partial charge in [0.25, 0.3) is 0 Å². The van der Waals surface area contributed by atoms with Crippen molar-refractivity contribution >= 4 is 45.2 Å². The molecule has 0 aromatic heterocycles. The van der Waals surface area contributed by atoms with Crippen LogP contribution in [0.3, 0.4) is 0 Å². The molecule has 1 aliphatic rings. The molecule has 11 heteroatoms. The van der Waals surface area contributed by atoms with E-state index < -0.39 is 12.0 Å². The molecule has 3 amide bonds. The second-order valence-electron chi connectivity index (χ2n) is 11.1. The van der Waals surface area contributed by atoms with Crippen LogP contribution >= 0.6 is 15.9 Å². The maximum Gasteiger partial charge on any atom is 0.335 e. The van der Waals surface area contributed by atoms with Gasteiger partial charge in [-0.05, 0) is 88.4 Å². The van der Waals surface area contributed by atoms with E-state index in [2.05, 4.69) is 26.6 Å². The summed E-state index contributed by atoms with van der Waals surface area (Å²) < 4.78 is 18.4. The van der Waals surface area contributed by atoms with Crippen molar-refractivity contribution < 1.29 is 33.7 Å². The number of nitrogens with one attached hydrogen (secondary N) is 2. The smallest absolute Gasteiger partial charge is 0.335 e. The lowest BCUT2D eigenvalue weighted by Gasteiger charge is -2.30. The van der Waals surface area contributed by atoms with Crippen molar-refractivity contribution in [3.8, 4) is 11.5 Å². The van der Waals surface area contributed by atoms with Crippen molar-refractivity contribution in [3.63, 3.8) is 0 Å². The quantitative estimate of drug-likeness (QED) is 0.137. The van der Waals surface area contributed by atoms with Crippen molar-refractivity contribution in [1.82, 2.24) is 4.90 Å². The first-order chi connectivity index (χ1) is 22.8. The predicted molar refractivity (Wildman–Crippen MR) is 182 cm³/mol. The number of carbonyl (C=O) groups is 3. The fourth-order valence-electron chi connectivity index (χ4n) is 5.52. The molecule has 1 saturated heterocycles. The zero-order valence-corrected chi connectivity index (χ0v) is 27.4. The Morgan fingerprint density at radius 1 is 0.830 bits per heavy atom. The number of hydrogen-bond acceptors (Lipinski definition) is 6. The summed E-state index contributed by atoms with van der Waals surface area (Å²) in [5, 5.41) is 14.8. The van der Waals surface area contributed by atoms with Crippen molar-refractivity contribution in [2.75, 3.05) is 31.0 Å². The molecule has 2 atom stereocenters. The third-order valence-corrected chi connectivity index (χ3v) is 8.56. The second-order valence-corrected chi connectivity index (χ2v) is 12.0. The highest BCUT2D eigenvalue weighted by molar-refractivity contribution is 9.10. The van der Waals surface area contributed by atoms with E-state index in [9.17, 15) is 19.5 Å². The van der Waals surface area contributed by atoms with Gasteiger partial charge < -0.3 is 34.9 Å². The number of hydrogen-bond donors (Lipinski definition) is 3. The number of carboxylic acids is 1. The van der Waals surface area contributed by atoms with E-state index in [4.69, 9.17) is 14.2 Å². The van der Waals surface area contributed by atoms with Crippen molar-refractivity contribution in [2.45, 2.75) is 38.0 Å². The van der Waals surface area contributed by atoms with Gasteiger partial charge >= 0.3 is 12.0 Å². The van der Waals surface area contributed by atoms with Crippen molar-refractivity contribution in [1.29, 1.82) is 0 Å². The number of likely N-dealkylation sites (tertiary alicyclic amines) is 1. The summed E-state index contributed by atoms with van der Waals surface area (Å²) >= 11 is 3.42. The van der Waals surface area contributed by atoms with Crippen molar-refractivity contribution in [2.24, 2.45) is 0 Å². The first kappa shape index (κ1) is 33.5. The Morgan fingerprint density at radius 3 is 2.21 bits per heavy atom. The molecule has 47 heavy (non-hydrogen) atoms. The van der Waals surface area contributed by atoms with Crippen LogP contribution in [-0.2, 0) is 22.6 Å². The van der Waals surface area contributed by atoms with Gasteiger partial charge in [0.05, 0.1) is 55.8 Å². The molecule has 1 heterocycles. The van der Waals surface area contributed by atoms with Crippen LogP contribution in [0.1, 0.15) is 34.3 Å². The minimum Gasteiger partial charge on any atom is -0.495 e. The van der Waals surface area contributed by atoms with E-state index in [1.807, 2.05) is 53.4 Å². The van der Waals surface area contributed by atoms with E-state index in [0.717, 1.165) is 28.4 Å². The minimum atomic E-state index is -1.01. The number of benzene rings is 4. The second kappa shape index (κ2) is 16.1. The largest absolute Gasteiger partial charge is 0.495 e. The number of carboxylic acid groups (broad SMARTS) is 1. The number of nitrogens with zero attached hydrogens (tertiary/aromatic N) is 1. The standard InChI is InChI=1S/C36H36BrN3O7/c1-45-33-19-25(11-18-32(33)39-36(44)38-31-10-6-5-9-30(31)37)20-34(41)40-27(22-46-21-24-7-3-2-4-8-24)14-15-28(40)23-47-29-16-12-26(13-17-29)35(42)43/h2-13,16-19,27-28H,14-15,20-23H2,1H3,(H,42,43)(H2,38,39,44)/t27?,28-/m0/s1. The highest BCUT2D eigenvalue weighted by Gasteiger charge is 2.37. The van der Waals surface area contributed by atoms with Gasteiger partial charge in [-0.2, -0.15) is 0 Å². The van der Waals surface area contributed by atoms with Crippen molar-refractivity contribution in [3.05, 3.63) is 118 Å². The molecule has 1 unspecified atom stereocenters. The summed E-state index contributed by atoms with van der Waals surface area (Å²) in [6.07, 6.45) is 1.60. The highest BCUT2D eigenvalue weighted by Crippen LogP contribution is 2.30. The Kier molecular flexibility index (Phi) is 11.5. The summed E-state index contributed by atoms with van der Waals surface area (Å²) in [7, 11) is 1.51. The van der Waals surface area contributed by atoms with Crippen LogP contribution in [0.2, 0.25) is 0 Å². The summed E-state index contributed by atoms with van der Waals surface area (Å²) in [4.78, 5) is 39.7. The zero-order valence-electron chi connectivity index (χ0n) is 25.9. The van der Waals surface area contributed by atoms with E-state index in [-0.39, 0.29) is 36.6 Å². The van der Waals surface area contributed by atoms with Gasteiger partial charge in [0, 0.05) is 4.47 Å². The molecule has 0 spiro atoms. The summed E-state index contributed by atoms with van der Waals surface area (Å²) in [6, 6.07) is 27.9. The summed E-state index contributed by atoms with van der Waals surface area (Å²) in [6.45, 7) is 1.08. The number of aromatic carboxylic acids is 1. The minimum absolute atomic E-state index is 0.0833. The molecule has 244 valence electrons. The monoisotopic (exact) mass is 701 g/mol. The van der Waals surface area contributed by atoms with Gasteiger partial charge in [0.1, 0.15) is 18.1 Å². The van der Waals surface area contributed by atoms with Crippen LogP contribution < -0.4 is 20.1 Å². The van der Waals surface area contributed by atoms with Gasteiger partial charge in [0.2, 0.25) is 5.91 Å². The number of urea groups is 1. The zero-order chi connectivity index (χ0) is 33.2. The Labute approximate surface area is 281 Å². The molecule has 10 nitrogen and oxygen atoms in total. The molecule has 1 fully saturated rings. The summed E-state index contributed by atoms with van der Waals surface area (Å²) in [5.74, 6) is -0.138. The molecule has 4 aromatic rings. The molecule has 4 aromatic carbocycles. The molecular formula is C36H36BrN3O7. The Hall–Kier alpha value is -4.87. The number of rotatable bonds is 13. The van der Waals surface area contributed by atoms with E-state index in [1.54, 1.807) is 36.4 Å². The van der Waals surface area contributed by atoms with E-state index in [0.29, 0.717) is 36.1 Å². The molecule has 0 aliphatic carbocycles. The Bertz CT molecular complexity index is 1680. The van der Waals surface area contributed by atoms with Gasteiger partial charge in [-0.3, -0.25) is 4.79 Å². The summed E-state index contributed by atoms with van der Waals surface area (Å²) in [5.41, 5.74) is 3.03. The number of halogens is 1. The topological polar surface area (TPSA) is 126 Å². The van der Waals surface area contributed by atoms with Crippen LogP contribution in [0.5, 0.6) is 11.5 Å². The van der Waals surface area contributed by atoms with Gasteiger partial charge in [-0.15, -0.1) is 0 Å². The highest BCUT2D eigenvalue weighted by atomic mass is 79.9. The Balaban J connectivity index is 1.26. The van der Waals surface area contributed by atoms with Crippen LogP contribution in [0.4, 0.5) is 16.2 Å². The van der Waals surface area contributed by atoms with E-state index in [1.165, 1.54) is 19.2 Å². The molecule has 0 radical (unpaired) electrons. The van der Waals surface area contributed by atoms with E-state index >= 15 is 0 Å². The lowest BCUT2D eigenvalue weighted by Crippen LogP contribution is -2.46. The van der Waals surface area contributed by atoms with Crippen LogP contribution in [0.15, 0.2) is 102 Å². The number of amides is 3. The molecule has 1 aliphatic heterocycles. The maximum atomic E-state index is 13.9. The third kappa shape index (κ3) is 9.11. The van der Waals surface area contributed by atoms with Crippen LogP contribution in [-0.4, -0.2) is 60.3 Å². The van der Waals surface area contributed by atoms with Gasteiger partial charge in [-0.1, -0.05) is 48.5 Å². The Morgan fingerprint density at radius 2 is 1.51 bits per heavy atom. The van der Waals surface area contributed by atoms with Gasteiger partial charge in [0.15, 0.2) is 0 Å². The average Bonchev–Trinajstić information content (AvgIpc) is 3.49. The number of anilines is 2. The molecule has 0 bridgehead atoms. The SMILES string of the molecule is COc1cc(CC(=O)N2C(COCc3ccccc3)CC[C@H]2COc2ccc(C(=O)O)cc2)ccc1NC(=O)Nc1ccccc1Br. The van der Waals surface area contributed by atoms with Crippen LogP contribution in [0, 0.1) is 0 Å². The van der Waals surface area contributed by atoms with Gasteiger partial charge in [-0.25, -0.2) is 9.59 Å². The average molecular weight is 703 g/mol. The molecule has 3 N–H and O–H groups in total. The molecular weight excluding hydrogens is 666 g/mol. The lowest BCUT2D eigenvalue weighted by atomic mass is 10.1. The number of ether oxygens (including phenoxy) is 3. The third-order valence-electron chi connectivity index (χ3n) is 7.86. The first-order valence-electron chi connectivity index (χ1n) is 15.2. The number of para-hydroxylation sites is 1. The normalized spacial score (nSPS) is 15.6. The molecule has 5 rings (SSSR count). The molecule has 0 saturated carbocycles. The fourth-order valence-corrected chi connectivity index (χ4v) is 5.91. The lowest BCUT2D eigenvalue weighted by molar-refractivity contribution is -0.135. The predicted octanol–water partition coefficient (Wildman–Crippen LogP) is 7.00. The first-order valence-corrected chi connectivity index (χ1v) is 16.0. The maximum absolute atomic E-state index is 13.9.